The predicted molar refractivity (Wildman–Crippen MR) is 164 cm³/mol. The topological polar surface area (TPSA) is 93.8 Å². The van der Waals surface area contributed by atoms with Crippen molar-refractivity contribution >= 4 is 28.2 Å². The summed E-state index contributed by atoms with van der Waals surface area (Å²) in [5, 5.41) is 16.1. The summed E-state index contributed by atoms with van der Waals surface area (Å²) in [4.78, 5) is 25.8. The first-order valence-electron chi connectivity index (χ1n) is 15.0. The Morgan fingerprint density at radius 1 is 1.19 bits per heavy atom. The number of nitriles is 1. The van der Waals surface area contributed by atoms with Crippen molar-refractivity contribution in [3.05, 3.63) is 53.1 Å². The molecule has 1 amide bonds. The Morgan fingerprint density at radius 3 is 2.70 bits per heavy atom. The largest absolute Gasteiger partial charge is 0.475 e. The van der Waals surface area contributed by atoms with E-state index in [1.165, 1.54) is 10.5 Å². The van der Waals surface area contributed by atoms with E-state index in [1.807, 2.05) is 24.9 Å². The summed E-state index contributed by atoms with van der Waals surface area (Å²) in [6.07, 6.45) is 4.76. The van der Waals surface area contributed by atoms with E-state index in [0.717, 1.165) is 59.5 Å². The van der Waals surface area contributed by atoms with Crippen molar-refractivity contribution in [2.75, 3.05) is 56.2 Å². The molecule has 0 radical (unpaired) electrons. The molecule has 10 nitrogen and oxygen atoms in total. The third-order valence-electron chi connectivity index (χ3n) is 9.32. The number of benzene rings is 1. The molecule has 0 bridgehead atoms. The van der Waals surface area contributed by atoms with Crippen LogP contribution in [0.3, 0.4) is 0 Å². The number of likely N-dealkylation sites (N-methyl/N-ethyl adjacent to an activating group) is 1. The van der Waals surface area contributed by atoms with E-state index >= 15 is 0 Å². The standard InChI is InChI=1S/C32H39FN8O2/c1-20-8-9-23-16-35-38(5)29(23)28(20)39-12-10-25-27(18-39)36-31(43-19-24-7-6-11-37(24)4)26(15-34)30(25)40-13-14-41(21(2)17-40)32(42)22(3)33/h8-9,16,21,24H,3,6-7,10-14,17-19H2,1-2,4-5H3. The number of carbonyl (C=O) groups excluding carboxylic acids is 1. The van der Waals surface area contributed by atoms with Gasteiger partial charge in [0.05, 0.1) is 35.3 Å². The first-order chi connectivity index (χ1) is 20.7. The van der Waals surface area contributed by atoms with Crippen molar-refractivity contribution < 1.29 is 13.9 Å². The number of carbonyl (C=O) groups is 1. The van der Waals surface area contributed by atoms with Gasteiger partial charge in [-0.05, 0) is 52.3 Å². The molecular weight excluding hydrogens is 547 g/mol. The second kappa shape index (κ2) is 11.5. The maximum Gasteiger partial charge on any atom is 0.282 e. The number of aryl methyl sites for hydroxylation is 2. The second-order valence-electron chi connectivity index (χ2n) is 12.1. The van der Waals surface area contributed by atoms with E-state index in [2.05, 4.69) is 58.6 Å². The zero-order chi connectivity index (χ0) is 30.4. The zero-order valence-corrected chi connectivity index (χ0v) is 25.4. The van der Waals surface area contributed by atoms with Gasteiger partial charge in [0.15, 0.2) is 5.83 Å². The van der Waals surface area contributed by atoms with Crippen molar-refractivity contribution in [3.63, 3.8) is 0 Å². The molecule has 0 aliphatic carbocycles. The monoisotopic (exact) mass is 586 g/mol. The molecule has 0 N–H and O–H groups in total. The van der Waals surface area contributed by atoms with Gasteiger partial charge in [-0.2, -0.15) is 10.4 Å². The maximum absolute atomic E-state index is 13.7. The van der Waals surface area contributed by atoms with Crippen LogP contribution in [-0.2, 0) is 24.8 Å². The molecular formula is C32H39FN8O2. The van der Waals surface area contributed by atoms with E-state index in [1.54, 1.807) is 0 Å². The van der Waals surface area contributed by atoms with Gasteiger partial charge in [-0.25, -0.2) is 9.37 Å². The van der Waals surface area contributed by atoms with Gasteiger partial charge in [-0.1, -0.05) is 18.7 Å². The van der Waals surface area contributed by atoms with Crippen molar-refractivity contribution in [2.24, 2.45) is 7.05 Å². The minimum Gasteiger partial charge on any atom is -0.475 e. The maximum atomic E-state index is 13.7. The average Bonchev–Trinajstić information content (AvgIpc) is 3.58. The number of likely N-dealkylation sites (tertiary alicyclic amines) is 1. The number of hydrogen-bond acceptors (Lipinski definition) is 8. The Kier molecular flexibility index (Phi) is 7.73. The third-order valence-corrected chi connectivity index (χ3v) is 9.32. The first kappa shape index (κ1) is 28.9. The van der Waals surface area contributed by atoms with Crippen LogP contribution < -0.4 is 14.5 Å². The molecule has 2 aromatic heterocycles. The van der Waals surface area contributed by atoms with Gasteiger partial charge >= 0.3 is 0 Å². The van der Waals surface area contributed by atoms with E-state index in [0.29, 0.717) is 50.7 Å². The lowest BCUT2D eigenvalue weighted by molar-refractivity contribution is -0.131. The normalized spacial score (nSPS) is 20.8. The number of amides is 1. The number of hydrogen-bond donors (Lipinski definition) is 0. The third kappa shape index (κ3) is 5.18. The number of fused-ring (bicyclic) bond motifs is 2. The summed E-state index contributed by atoms with van der Waals surface area (Å²) in [5.74, 6) is -1.27. The van der Waals surface area contributed by atoms with Crippen molar-refractivity contribution in [3.8, 4) is 11.9 Å². The van der Waals surface area contributed by atoms with Gasteiger partial charge < -0.3 is 24.3 Å². The van der Waals surface area contributed by atoms with E-state index in [9.17, 15) is 14.4 Å². The van der Waals surface area contributed by atoms with Crippen molar-refractivity contribution in [1.29, 1.82) is 5.26 Å². The molecule has 2 fully saturated rings. The van der Waals surface area contributed by atoms with Gasteiger partial charge in [0.25, 0.3) is 5.91 Å². The molecule has 11 heteroatoms. The molecule has 3 aromatic rings. The number of ether oxygens (including phenoxy) is 1. The SMILES string of the molecule is C=C(F)C(=O)N1CCN(c2c(C#N)c(OCC3CCCN3C)nc3c2CCN(c2c(C)ccc4cnn(C)c24)C3)CC1C. The van der Waals surface area contributed by atoms with Crippen LogP contribution in [0, 0.1) is 18.3 Å². The molecule has 3 aliphatic rings. The number of pyridine rings is 1. The number of nitrogens with zero attached hydrogens (tertiary/aromatic N) is 8. The minimum absolute atomic E-state index is 0.259. The molecule has 1 aromatic carbocycles. The molecule has 3 aliphatic heterocycles. The molecule has 226 valence electrons. The molecule has 6 rings (SSSR count). The summed E-state index contributed by atoms with van der Waals surface area (Å²) < 4.78 is 22.0. The van der Waals surface area contributed by atoms with Crippen molar-refractivity contribution in [1.82, 2.24) is 24.6 Å². The number of halogens is 1. The second-order valence-corrected chi connectivity index (χ2v) is 12.1. The average molecular weight is 587 g/mol. The highest BCUT2D eigenvalue weighted by Crippen LogP contribution is 2.40. The molecule has 0 spiro atoms. The van der Waals surface area contributed by atoms with Crippen LogP contribution in [0.2, 0.25) is 0 Å². The Morgan fingerprint density at radius 2 is 2.00 bits per heavy atom. The number of piperazine rings is 1. The van der Waals surface area contributed by atoms with Gasteiger partial charge in [-0.3, -0.25) is 9.48 Å². The molecule has 0 saturated carbocycles. The van der Waals surface area contributed by atoms with E-state index < -0.39 is 11.7 Å². The Labute approximate surface area is 251 Å². The van der Waals surface area contributed by atoms with Crippen LogP contribution in [0.4, 0.5) is 15.8 Å². The van der Waals surface area contributed by atoms with E-state index in [4.69, 9.17) is 9.72 Å². The Hall–Kier alpha value is -4.17. The van der Waals surface area contributed by atoms with Crippen molar-refractivity contribution in [2.45, 2.75) is 51.7 Å². The highest BCUT2D eigenvalue weighted by Gasteiger charge is 2.35. The first-order valence-corrected chi connectivity index (χ1v) is 15.0. The van der Waals surface area contributed by atoms with Gasteiger partial charge in [0, 0.05) is 56.3 Å². The lowest BCUT2D eigenvalue weighted by Crippen LogP contribution is -2.54. The molecule has 5 heterocycles. The fourth-order valence-corrected chi connectivity index (χ4v) is 7.01. The minimum atomic E-state index is -0.953. The van der Waals surface area contributed by atoms with Crippen LogP contribution in [0.5, 0.6) is 5.88 Å². The fraction of sp³-hybridized carbons (Fsp3) is 0.500. The summed E-state index contributed by atoms with van der Waals surface area (Å²) in [7, 11) is 4.07. The highest BCUT2D eigenvalue weighted by molar-refractivity contribution is 5.93. The van der Waals surface area contributed by atoms with Crippen LogP contribution in [0.25, 0.3) is 10.9 Å². The number of anilines is 2. The Bertz CT molecular complexity index is 1630. The van der Waals surface area contributed by atoms with E-state index in [-0.39, 0.29) is 12.1 Å². The summed E-state index contributed by atoms with van der Waals surface area (Å²) in [6, 6.07) is 6.67. The Balaban J connectivity index is 1.39. The van der Waals surface area contributed by atoms with Gasteiger partial charge in [0.2, 0.25) is 5.88 Å². The van der Waals surface area contributed by atoms with Crippen LogP contribution in [-0.4, -0.2) is 88.9 Å². The lowest BCUT2D eigenvalue weighted by atomic mass is 9.96. The zero-order valence-electron chi connectivity index (χ0n) is 25.4. The van der Waals surface area contributed by atoms with Crippen LogP contribution in [0.1, 0.15) is 42.1 Å². The molecule has 2 atom stereocenters. The molecule has 2 unspecified atom stereocenters. The summed E-state index contributed by atoms with van der Waals surface area (Å²) >= 11 is 0. The van der Waals surface area contributed by atoms with Gasteiger partial charge in [-0.15, -0.1) is 0 Å². The molecule has 2 saturated heterocycles. The quantitative estimate of drug-likeness (QED) is 0.404. The summed E-state index contributed by atoms with van der Waals surface area (Å²) in [6.45, 7) is 11.3. The number of rotatable bonds is 6. The van der Waals surface area contributed by atoms with Crippen LogP contribution >= 0.6 is 0 Å². The highest BCUT2D eigenvalue weighted by atomic mass is 19.1. The van der Waals surface area contributed by atoms with Crippen LogP contribution in [0.15, 0.2) is 30.7 Å². The van der Waals surface area contributed by atoms with Gasteiger partial charge in [0.1, 0.15) is 18.2 Å². The predicted octanol–water partition coefficient (Wildman–Crippen LogP) is 3.70. The fourth-order valence-electron chi connectivity index (χ4n) is 7.01. The number of aromatic nitrogens is 3. The molecule has 43 heavy (non-hydrogen) atoms. The lowest BCUT2D eigenvalue weighted by Gasteiger charge is -2.42. The smallest absolute Gasteiger partial charge is 0.282 e. The summed E-state index contributed by atoms with van der Waals surface area (Å²) in [5.41, 5.74) is 6.57.